The van der Waals surface area contributed by atoms with E-state index in [1.807, 2.05) is 13.8 Å². The van der Waals surface area contributed by atoms with Gasteiger partial charge < -0.3 is 10.0 Å². The molecule has 0 radical (unpaired) electrons. The first-order valence-electron chi connectivity index (χ1n) is 7.38. The molecule has 2 aromatic heterocycles. The number of H-pyrrole nitrogens is 1. The zero-order valence-corrected chi connectivity index (χ0v) is 12.7. The molecule has 8 heteroatoms. The van der Waals surface area contributed by atoms with Gasteiger partial charge in [-0.15, -0.1) is 5.10 Å². The highest BCUT2D eigenvalue weighted by Gasteiger charge is 2.39. The third kappa shape index (κ3) is 2.87. The maximum atomic E-state index is 12.5. The van der Waals surface area contributed by atoms with E-state index in [0.29, 0.717) is 25.2 Å². The van der Waals surface area contributed by atoms with Crippen LogP contribution in [-0.4, -0.2) is 59.8 Å². The van der Waals surface area contributed by atoms with Crippen molar-refractivity contribution in [2.45, 2.75) is 38.3 Å². The van der Waals surface area contributed by atoms with Gasteiger partial charge in [0, 0.05) is 18.4 Å². The van der Waals surface area contributed by atoms with Crippen molar-refractivity contribution in [3.63, 3.8) is 0 Å². The Balaban J connectivity index is 1.67. The second-order valence-corrected chi connectivity index (χ2v) is 6.16. The van der Waals surface area contributed by atoms with E-state index in [0.717, 1.165) is 5.69 Å². The van der Waals surface area contributed by atoms with E-state index in [2.05, 4.69) is 20.5 Å². The van der Waals surface area contributed by atoms with Gasteiger partial charge in [0.25, 0.3) is 5.91 Å². The van der Waals surface area contributed by atoms with Crippen LogP contribution in [0.5, 0.6) is 0 Å². The van der Waals surface area contributed by atoms with Gasteiger partial charge in [-0.05, 0) is 18.4 Å². The molecule has 2 aromatic rings. The lowest BCUT2D eigenvalue weighted by Crippen LogP contribution is -2.39. The Hall–Kier alpha value is -2.22. The van der Waals surface area contributed by atoms with E-state index in [1.165, 1.54) is 0 Å². The number of amides is 1. The van der Waals surface area contributed by atoms with Crippen molar-refractivity contribution < 1.29 is 9.90 Å². The lowest BCUT2D eigenvalue weighted by molar-refractivity contribution is 0.0265. The minimum absolute atomic E-state index is 0.155. The molecule has 3 rings (SSSR count). The first kappa shape index (κ1) is 14.7. The molecular formula is C14H20N6O2. The SMILES string of the molecule is CC(C)c1cc(C(=O)N2CCC(O)(Cn3ccnn3)C2)n[nH]1. The standard InChI is InChI=1S/C14H20N6O2/c1-10(2)11-7-12(17-16-11)13(21)19-5-3-14(22,8-19)9-20-6-4-15-18-20/h4,6-7,10,22H,3,5,8-9H2,1-2H3,(H,16,17). The lowest BCUT2D eigenvalue weighted by atomic mass is 10.0. The summed E-state index contributed by atoms with van der Waals surface area (Å²) in [4.78, 5) is 14.1. The van der Waals surface area contributed by atoms with Crippen molar-refractivity contribution in [2.75, 3.05) is 13.1 Å². The third-order valence-corrected chi connectivity index (χ3v) is 3.99. The number of carbonyl (C=O) groups excluding carboxylic acids is 1. The number of rotatable bonds is 4. The second kappa shape index (κ2) is 5.53. The average molecular weight is 304 g/mol. The molecule has 0 aromatic carbocycles. The molecule has 3 heterocycles. The molecule has 1 amide bonds. The fraction of sp³-hybridized carbons (Fsp3) is 0.571. The molecule has 118 valence electrons. The van der Waals surface area contributed by atoms with Crippen molar-refractivity contribution in [1.29, 1.82) is 0 Å². The number of aromatic nitrogens is 5. The normalized spacial score (nSPS) is 21.7. The Morgan fingerprint density at radius 3 is 3.00 bits per heavy atom. The Labute approximate surface area is 128 Å². The largest absolute Gasteiger partial charge is 0.386 e. The summed E-state index contributed by atoms with van der Waals surface area (Å²) in [6.45, 7) is 5.18. The van der Waals surface area contributed by atoms with Crippen LogP contribution in [0.2, 0.25) is 0 Å². The molecule has 1 aliphatic rings. The van der Waals surface area contributed by atoms with Crippen LogP contribution in [0.4, 0.5) is 0 Å². The molecule has 1 atom stereocenters. The number of aromatic amines is 1. The summed E-state index contributed by atoms with van der Waals surface area (Å²) in [6, 6.07) is 1.78. The average Bonchev–Trinajstić information content (AvgIpc) is 3.18. The van der Waals surface area contributed by atoms with Crippen LogP contribution in [0.25, 0.3) is 0 Å². The van der Waals surface area contributed by atoms with Gasteiger partial charge >= 0.3 is 0 Å². The van der Waals surface area contributed by atoms with Gasteiger partial charge in [0.05, 0.1) is 19.3 Å². The molecule has 1 aliphatic heterocycles. The minimum Gasteiger partial charge on any atom is -0.386 e. The summed E-state index contributed by atoms with van der Waals surface area (Å²) in [7, 11) is 0. The fourth-order valence-corrected chi connectivity index (χ4v) is 2.68. The van der Waals surface area contributed by atoms with Gasteiger partial charge in [0.1, 0.15) is 11.3 Å². The predicted molar refractivity (Wildman–Crippen MR) is 78.2 cm³/mol. The maximum Gasteiger partial charge on any atom is 0.274 e. The van der Waals surface area contributed by atoms with E-state index in [9.17, 15) is 9.90 Å². The van der Waals surface area contributed by atoms with E-state index < -0.39 is 5.60 Å². The highest BCUT2D eigenvalue weighted by atomic mass is 16.3. The van der Waals surface area contributed by atoms with E-state index >= 15 is 0 Å². The topological polar surface area (TPSA) is 99.9 Å². The molecule has 1 fully saturated rings. The first-order chi connectivity index (χ1) is 10.5. The molecule has 8 nitrogen and oxygen atoms in total. The van der Waals surface area contributed by atoms with Crippen LogP contribution in [0.3, 0.4) is 0 Å². The Morgan fingerprint density at radius 1 is 1.55 bits per heavy atom. The molecule has 0 saturated carbocycles. The Bertz CT molecular complexity index is 650. The van der Waals surface area contributed by atoms with Gasteiger partial charge in [-0.2, -0.15) is 5.10 Å². The summed E-state index contributed by atoms with van der Waals surface area (Å²) < 4.78 is 1.58. The van der Waals surface area contributed by atoms with E-state index in [-0.39, 0.29) is 18.4 Å². The quantitative estimate of drug-likeness (QED) is 0.851. The summed E-state index contributed by atoms with van der Waals surface area (Å²) in [5.41, 5.74) is 0.356. The molecule has 0 aliphatic carbocycles. The molecular weight excluding hydrogens is 284 g/mol. The van der Waals surface area contributed by atoms with Crippen molar-refractivity contribution in [3.05, 3.63) is 29.8 Å². The van der Waals surface area contributed by atoms with Crippen LogP contribution < -0.4 is 0 Å². The van der Waals surface area contributed by atoms with Crippen LogP contribution in [0.1, 0.15) is 42.4 Å². The Morgan fingerprint density at radius 2 is 2.36 bits per heavy atom. The van der Waals surface area contributed by atoms with Crippen LogP contribution in [-0.2, 0) is 6.54 Å². The third-order valence-electron chi connectivity index (χ3n) is 3.99. The second-order valence-electron chi connectivity index (χ2n) is 6.16. The molecule has 1 saturated heterocycles. The van der Waals surface area contributed by atoms with E-state index in [1.54, 1.807) is 28.0 Å². The lowest BCUT2D eigenvalue weighted by Gasteiger charge is -2.22. The predicted octanol–water partition coefficient (Wildman–Crippen LogP) is 0.402. The van der Waals surface area contributed by atoms with Crippen LogP contribution in [0, 0.1) is 0 Å². The zero-order chi connectivity index (χ0) is 15.7. The van der Waals surface area contributed by atoms with Gasteiger partial charge in [-0.1, -0.05) is 19.1 Å². The summed E-state index contributed by atoms with van der Waals surface area (Å²) in [5.74, 6) is 0.134. The fourth-order valence-electron chi connectivity index (χ4n) is 2.68. The summed E-state index contributed by atoms with van der Waals surface area (Å²) >= 11 is 0. The summed E-state index contributed by atoms with van der Waals surface area (Å²) in [6.07, 6.45) is 3.78. The maximum absolute atomic E-state index is 12.5. The molecule has 0 bridgehead atoms. The molecule has 1 unspecified atom stereocenters. The molecule has 0 spiro atoms. The molecule has 2 N–H and O–H groups in total. The van der Waals surface area contributed by atoms with Crippen molar-refractivity contribution in [1.82, 2.24) is 30.1 Å². The van der Waals surface area contributed by atoms with Crippen LogP contribution >= 0.6 is 0 Å². The van der Waals surface area contributed by atoms with Gasteiger partial charge in [0.15, 0.2) is 0 Å². The van der Waals surface area contributed by atoms with Crippen LogP contribution in [0.15, 0.2) is 18.5 Å². The number of aliphatic hydroxyl groups is 1. The number of β-amino-alcohol motifs (C(OH)–C–C–N with tert-alkyl or cyclic N) is 1. The smallest absolute Gasteiger partial charge is 0.274 e. The minimum atomic E-state index is -0.972. The first-order valence-corrected chi connectivity index (χ1v) is 7.38. The zero-order valence-electron chi connectivity index (χ0n) is 12.7. The number of carbonyl (C=O) groups is 1. The summed E-state index contributed by atoms with van der Waals surface area (Å²) in [5, 5.41) is 25.2. The highest BCUT2D eigenvalue weighted by Crippen LogP contribution is 2.24. The van der Waals surface area contributed by atoms with Gasteiger partial charge in [0.2, 0.25) is 0 Å². The highest BCUT2D eigenvalue weighted by molar-refractivity contribution is 5.92. The number of likely N-dealkylation sites (tertiary alicyclic amines) is 1. The monoisotopic (exact) mass is 304 g/mol. The number of hydrogen-bond donors (Lipinski definition) is 2. The number of nitrogens with zero attached hydrogens (tertiary/aromatic N) is 5. The van der Waals surface area contributed by atoms with Gasteiger partial charge in [-0.3, -0.25) is 9.89 Å². The van der Waals surface area contributed by atoms with Crippen molar-refractivity contribution in [3.8, 4) is 0 Å². The van der Waals surface area contributed by atoms with Crippen molar-refractivity contribution >= 4 is 5.91 Å². The molecule has 22 heavy (non-hydrogen) atoms. The number of hydrogen-bond acceptors (Lipinski definition) is 5. The van der Waals surface area contributed by atoms with Crippen molar-refractivity contribution in [2.24, 2.45) is 0 Å². The Kier molecular flexibility index (Phi) is 3.69. The van der Waals surface area contributed by atoms with Gasteiger partial charge in [-0.25, -0.2) is 4.68 Å². The number of nitrogens with one attached hydrogen (secondary N) is 1. The van der Waals surface area contributed by atoms with E-state index in [4.69, 9.17) is 0 Å².